The van der Waals surface area contributed by atoms with Crippen molar-refractivity contribution in [2.45, 2.75) is 13.3 Å². The number of nitrogens with one attached hydrogen (secondary N) is 1. The third-order valence-electron chi connectivity index (χ3n) is 4.51. The fraction of sp³-hybridized carbons (Fsp3) is 0.143. The zero-order valence-electron chi connectivity index (χ0n) is 15.2. The molecule has 0 saturated heterocycles. The van der Waals surface area contributed by atoms with Crippen LogP contribution in [0.2, 0.25) is 10.0 Å². The summed E-state index contributed by atoms with van der Waals surface area (Å²) >= 11 is 13.6. The Morgan fingerprint density at radius 3 is 2.71 bits per heavy atom. The number of aromatic amines is 1. The van der Waals surface area contributed by atoms with E-state index in [-0.39, 0.29) is 5.56 Å². The highest BCUT2D eigenvalue weighted by molar-refractivity contribution is 7.17. The summed E-state index contributed by atoms with van der Waals surface area (Å²) in [4.78, 5) is 21.1. The summed E-state index contributed by atoms with van der Waals surface area (Å²) in [6.45, 7) is 2.01. The molecule has 0 bridgehead atoms. The van der Waals surface area contributed by atoms with Crippen molar-refractivity contribution in [1.29, 1.82) is 0 Å². The van der Waals surface area contributed by atoms with Crippen LogP contribution >= 0.6 is 34.5 Å². The van der Waals surface area contributed by atoms with Crippen molar-refractivity contribution in [3.63, 3.8) is 0 Å². The van der Waals surface area contributed by atoms with Crippen LogP contribution in [0.4, 0.5) is 0 Å². The van der Waals surface area contributed by atoms with Crippen LogP contribution in [0.25, 0.3) is 21.3 Å². The van der Waals surface area contributed by atoms with Crippen LogP contribution in [0.3, 0.4) is 0 Å². The Balaban J connectivity index is 1.80. The molecule has 142 valence electrons. The normalized spacial score (nSPS) is 11.1. The van der Waals surface area contributed by atoms with Crippen molar-refractivity contribution in [2.24, 2.45) is 0 Å². The molecule has 4 rings (SSSR count). The molecule has 0 radical (unpaired) electrons. The molecule has 0 aliphatic heterocycles. The summed E-state index contributed by atoms with van der Waals surface area (Å²) in [6, 6.07) is 11.2. The van der Waals surface area contributed by atoms with Crippen molar-refractivity contribution >= 4 is 44.8 Å². The van der Waals surface area contributed by atoms with E-state index >= 15 is 0 Å². The summed E-state index contributed by atoms with van der Waals surface area (Å²) in [7, 11) is 1.62. The van der Waals surface area contributed by atoms with Crippen LogP contribution in [0.5, 0.6) is 5.75 Å². The van der Waals surface area contributed by atoms with Gasteiger partial charge in [0, 0.05) is 33.0 Å². The summed E-state index contributed by atoms with van der Waals surface area (Å²) in [5.41, 5.74) is 3.48. The molecule has 1 N–H and O–H groups in total. The third kappa shape index (κ3) is 3.53. The molecule has 0 aliphatic rings. The Morgan fingerprint density at radius 1 is 1.14 bits per heavy atom. The number of benzene rings is 2. The van der Waals surface area contributed by atoms with Gasteiger partial charge in [0.15, 0.2) is 0 Å². The summed E-state index contributed by atoms with van der Waals surface area (Å²) in [6.07, 6.45) is 0.419. The molecule has 28 heavy (non-hydrogen) atoms. The number of nitrogens with zero attached hydrogens (tertiary/aromatic N) is 1. The molecule has 2 aromatic carbocycles. The van der Waals surface area contributed by atoms with Crippen molar-refractivity contribution in [3.05, 3.63) is 79.1 Å². The predicted molar refractivity (Wildman–Crippen MR) is 116 cm³/mol. The molecule has 0 fully saturated rings. The van der Waals surface area contributed by atoms with Gasteiger partial charge in [-0.1, -0.05) is 40.9 Å². The number of aryl methyl sites for hydroxylation is 1. The summed E-state index contributed by atoms with van der Waals surface area (Å²) in [5.74, 6) is 1.29. The molecule has 0 atom stereocenters. The second kappa shape index (κ2) is 7.59. The average molecular weight is 431 g/mol. The van der Waals surface area contributed by atoms with Gasteiger partial charge in [0.2, 0.25) is 0 Å². The number of aromatic nitrogens is 2. The number of fused-ring (bicyclic) bond motifs is 1. The first-order chi connectivity index (χ1) is 13.5. The number of halogens is 2. The van der Waals surface area contributed by atoms with E-state index in [0.29, 0.717) is 32.5 Å². The van der Waals surface area contributed by atoms with E-state index in [1.807, 2.05) is 36.6 Å². The van der Waals surface area contributed by atoms with Crippen molar-refractivity contribution < 1.29 is 4.74 Å². The molecule has 0 saturated carbocycles. The van der Waals surface area contributed by atoms with Gasteiger partial charge in [-0.15, -0.1) is 11.3 Å². The van der Waals surface area contributed by atoms with Crippen LogP contribution < -0.4 is 10.3 Å². The van der Waals surface area contributed by atoms with Crippen LogP contribution in [0, 0.1) is 6.92 Å². The number of methoxy groups -OCH3 is 1. The minimum absolute atomic E-state index is 0.176. The van der Waals surface area contributed by atoms with E-state index in [2.05, 4.69) is 9.97 Å². The molecule has 0 unspecified atom stereocenters. The quantitative estimate of drug-likeness (QED) is 0.440. The lowest BCUT2D eigenvalue weighted by atomic mass is 10.0. The number of hydrogen-bond acceptors (Lipinski definition) is 4. The second-order valence-corrected chi connectivity index (χ2v) is 8.16. The van der Waals surface area contributed by atoms with Crippen LogP contribution in [-0.4, -0.2) is 17.1 Å². The van der Waals surface area contributed by atoms with E-state index in [0.717, 1.165) is 28.0 Å². The minimum Gasteiger partial charge on any atom is -0.496 e. The Bertz CT molecular complexity index is 1250. The lowest BCUT2D eigenvalue weighted by Crippen LogP contribution is -2.12. The fourth-order valence-corrected chi connectivity index (χ4v) is 4.59. The maximum atomic E-state index is 12.9. The van der Waals surface area contributed by atoms with Gasteiger partial charge in [0.05, 0.1) is 12.5 Å². The Kier molecular flexibility index (Phi) is 5.15. The van der Waals surface area contributed by atoms with E-state index < -0.39 is 0 Å². The fourth-order valence-electron chi connectivity index (χ4n) is 3.15. The third-order valence-corrected chi connectivity index (χ3v) is 5.97. The molecular formula is C21H16Cl2N2O2S. The van der Waals surface area contributed by atoms with E-state index in [4.69, 9.17) is 27.9 Å². The van der Waals surface area contributed by atoms with Crippen LogP contribution in [0.1, 0.15) is 17.0 Å². The number of H-pyrrole nitrogens is 1. The SMILES string of the molecule is COc1ccc(C)cc1-c1csc2nc(Cc3ccc(Cl)cc3Cl)[nH]c(=O)c12. The van der Waals surface area contributed by atoms with Crippen LogP contribution in [-0.2, 0) is 6.42 Å². The maximum Gasteiger partial charge on any atom is 0.260 e. The smallest absolute Gasteiger partial charge is 0.260 e. The lowest BCUT2D eigenvalue weighted by Gasteiger charge is -2.09. The first-order valence-corrected chi connectivity index (χ1v) is 10.2. The van der Waals surface area contributed by atoms with Gasteiger partial charge in [0.25, 0.3) is 5.56 Å². The standard InChI is InChI=1S/C21H16Cl2N2O2S/c1-11-3-6-17(27-2)14(7-11)15-10-28-21-19(15)20(26)24-18(25-21)8-12-4-5-13(22)9-16(12)23/h3-7,9-10H,8H2,1-2H3,(H,24,25,26). The highest BCUT2D eigenvalue weighted by Crippen LogP contribution is 2.37. The first-order valence-electron chi connectivity index (χ1n) is 8.55. The van der Waals surface area contributed by atoms with E-state index in [9.17, 15) is 4.79 Å². The van der Waals surface area contributed by atoms with Crippen molar-refractivity contribution in [3.8, 4) is 16.9 Å². The molecule has 0 spiro atoms. The predicted octanol–water partition coefficient (Wildman–Crippen LogP) is 5.87. The highest BCUT2D eigenvalue weighted by atomic mass is 35.5. The molecule has 7 heteroatoms. The van der Waals surface area contributed by atoms with Gasteiger partial charge in [-0.05, 0) is 36.8 Å². The Hall–Kier alpha value is -2.34. The summed E-state index contributed by atoms with van der Waals surface area (Å²) < 4.78 is 5.48. The van der Waals surface area contributed by atoms with Crippen LogP contribution in [0.15, 0.2) is 46.6 Å². The van der Waals surface area contributed by atoms with Gasteiger partial charge >= 0.3 is 0 Å². The monoisotopic (exact) mass is 430 g/mol. The molecule has 4 nitrogen and oxygen atoms in total. The zero-order chi connectivity index (χ0) is 19.8. The molecule has 2 aromatic heterocycles. The zero-order valence-corrected chi connectivity index (χ0v) is 17.5. The first kappa shape index (κ1) is 19.0. The van der Waals surface area contributed by atoms with Gasteiger partial charge in [0.1, 0.15) is 16.4 Å². The topological polar surface area (TPSA) is 55.0 Å². The molecule has 4 aromatic rings. The Labute approximate surface area is 175 Å². The largest absolute Gasteiger partial charge is 0.496 e. The second-order valence-electron chi connectivity index (χ2n) is 6.46. The van der Waals surface area contributed by atoms with Crippen molar-refractivity contribution in [2.75, 3.05) is 7.11 Å². The number of thiophene rings is 1. The average Bonchev–Trinajstić information content (AvgIpc) is 3.08. The number of hydrogen-bond donors (Lipinski definition) is 1. The van der Waals surface area contributed by atoms with E-state index in [1.54, 1.807) is 19.2 Å². The summed E-state index contributed by atoms with van der Waals surface area (Å²) in [5, 5.41) is 3.63. The highest BCUT2D eigenvalue weighted by Gasteiger charge is 2.16. The molecule has 0 aliphatic carbocycles. The molecule has 2 heterocycles. The van der Waals surface area contributed by atoms with Gasteiger partial charge < -0.3 is 9.72 Å². The molecule has 0 amide bonds. The lowest BCUT2D eigenvalue weighted by molar-refractivity contribution is 0.416. The van der Waals surface area contributed by atoms with E-state index in [1.165, 1.54) is 11.3 Å². The van der Waals surface area contributed by atoms with Gasteiger partial charge in [-0.3, -0.25) is 4.79 Å². The van der Waals surface area contributed by atoms with Gasteiger partial charge in [-0.2, -0.15) is 0 Å². The minimum atomic E-state index is -0.176. The Morgan fingerprint density at radius 2 is 1.96 bits per heavy atom. The maximum absolute atomic E-state index is 12.9. The molecular weight excluding hydrogens is 415 g/mol. The van der Waals surface area contributed by atoms with Crippen molar-refractivity contribution in [1.82, 2.24) is 9.97 Å². The number of ether oxygens (including phenoxy) is 1. The number of rotatable bonds is 4. The van der Waals surface area contributed by atoms with Gasteiger partial charge in [-0.25, -0.2) is 4.98 Å².